The number of carbonyl (C=O) groups excluding carboxylic acids is 2. The number of hydrogen-bond donors (Lipinski definition) is 1. The molecule has 0 unspecified atom stereocenters. The van der Waals surface area contributed by atoms with E-state index < -0.39 is 0 Å². The largest absolute Gasteiger partial charge is 0.324 e. The predicted octanol–water partition coefficient (Wildman–Crippen LogP) is 5.04. The number of nitrogens with one attached hydrogen (secondary N) is 1. The fraction of sp³-hybridized carbons (Fsp3) is 0.143. The average molecular weight is 506 g/mol. The van der Waals surface area contributed by atoms with Crippen LogP contribution in [0.1, 0.15) is 16.2 Å². The zero-order valence-corrected chi connectivity index (χ0v) is 19.0. The number of halogens is 2. The van der Waals surface area contributed by atoms with Gasteiger partial charge in [-0.3, -0.25) is 9.59 Å². The SMILES string of the molecule is C=CCn1c(CC(=O)Nc2ccccc2Cl)nnc1SCC(=O)c1ccc(Br)cc1. The van der Waals surface area contributed by atoms with Gasteiger partial charge in [-0.05, 0) is 24.3 Å². The van der Waals surface area contributed by atoms with Crippen LogP contribution in [0.5, 0.6) is 0 Å². The van der Waals surface area contributed by atoms with Crippen LogP contribution >= 0.6 is 39.3 Å². The second-order valence-corrected chi connectivity index (χ2v) is 8.49. The molecular formula is C21H18BrClN4O2S. The number of ketones is 1. The lowest BCUT2D eigenvalue weighted by Gasteiger charge is -2.09. The number of hydrogen-bond acceptors (Lipinski definition) is 5. The molecule has 30 heavy (non-hydrogen) atoms. The Kier molecular flexibility index (Phi) is 7.84. The Hall–Kier alpha value is -2.42. The average Bonchev–Trinajstić information content (AvgIpc) is 3.10. The molecular weight excluding hydrogens is 488 g/mol. The Morgan fingerprint density at radius 3 is 2.60 bits per heavy atom. The van der Waals surface area contributed by atoms with Crippen molar-refractivity contribution in [3.8, 4) is 0 Å². The molecule has 0 aliphatic carbocycles. The van der Waals surface area contributed by atoms with Gasteiger partial charge in [0.05, 0.1) is 22.9 Å². The predicted molar refractivity (Wildman–Crippen MR) is 123 cm³/mol. The highest BCUT2D eigenvalue weighted by Gasteiger charge is 2.17. The number of para-hydroxylation sites is 1. The summed E-state index contributed by atoms with van der Waals surface area (Å²) in [4.78, 5) is 24.9. The zero-order chi connectivity index (χ0) is 21.5. The quantitative estimate of drug-likeness (QED) is 0.251. The van der Waals surface area contributed by atoms with Gasteiger partial charge >= 0.3 is 0 Å². The molecule has 154 valence electrons. The molecule has 6 nitrogen and oxygen atoms in total. The van der Waals surface area contributed by atoms with Gasteiger partial charge in [0.15, 0.2) is 10.9 Å². The van der Waals surface area contributed by atoms with Gasteiger partial charge in [0, 0.05) is 16.6 Å². The molecule has 2 aromatic carbocycles. The van der Waals surface area contributed by atoms with E-state index in [4.69, 9.17) is 11.6 Å². The van der Waals surface area contributed by atoms with Gasteiger partial charge < -0.3 is 9.88 Å². The minimum Gasteiger partial charge on any atom is -0.324 e. The van der Waals surface area contributed by atoms with Crippen molar-refractivity contribution < 1.29 is 9.59 Å². The number of aromatic nitrogens is 3. The van der Waals surface area contributed by atoms with Crippen molar-refractivity contribution in [2.24, 2.45) is 0 Å². The number of carbonyl (C=O) groups is 2. The molecule has 0 radical (unpaired) electrons. The summed E-state index contributed by atoms with van der Waals surface area (Å²) in [6.07, 6.45) is 1.71. The summed E-state index contributed by atoms with van der Waals surface area (Å²) in [5.41, 5.74) is 1.16. The third-order valence-electron chi connectivity index (χ3n) is 4.07. The van der Waals surface area contributed by atoms with Crippen molar-refractivity contribution in [1.82, 2.24) is 14.8 Å². The van der Waals surface area contributed by atoms with E-state index in [0.29, 0.717) is 33.8 Å². The summed E-state index contributed by atoms with van der Waals surface area (Å²) in [7, 11) is 0. The molecule has 1 heterocycles. The molecule has 1 N–H and O–H groups in total. The number of nitrogens with zero attached hydrogens (tertiary/aromatic N) is 3. The molecule has 1 aromatic heterocycles. The number of amides is 1. The van der Waals surface area contributed by atoms with E-state index >= 15 is 0 Å². The van der Waals surface area contributed by atoms with Crippen LogP contribution in [-0.2, 0) is 17.8 Å². The topological polar surface area (TPSA) is 76.9 Å². The smallest absolute Gasteiger partial charge is 0.232 e. The van der Waals surface area contributed by atoms with Crippen LogP contribution in [0.15, 0.2) is 70.8 Å². The maximum Gasteiger partial charge on any atom is 0.232 e. The molecule has 0 spiro atoms. The van der Waals surface area contributed by atoms with Gasteiger partial charge in [-0.15, -0.1) is 16.8 Å². The van der Waals surface area contributed by atoms with Gasteiger partial charge in [0.2, 0.25) is 5.91 Å². The van der Waals surface area contributed by atoms with Crippen LogP contribution < -0.4 is 5.32 Å². The third kappa shape index (κ3) is 5.81. The van der Waals surface area contributed by atoms with Crippen LogP contribution in [0.2, 0.25) is 5.02 Å². The first kappa shape index (κ1) is 22.3. The first-order valence-electron chi connectivity index (χ1n) is 8.97. The van der Waals surface area contributed by atoms with Gasteiger partial charge in [0.25, 0.3) is 0 Å². The molecule has 0 bridgehead atoms. The number of allylic oxidation sites excluding steroid dienone is 1. The van der Waals surface area contributed by atoms with E-state index in [9.17, 15) is 9.59 Å². The van der Waals surface area contributed by atoms with Crippen molar-refractivity contribution in [1.29, 1.82) is 0 Å². The van der Waals surface area contributed by atoms with E-state index in [1.807, 2.05) is 12.1 Å². The molecule has 0 fully saturated rings. The van der Waals surface area contributed by atoms with E-state index in [-0.39, 0.29) is 23.9 Å². The van der Waals surface area contributed by atoms with E-state index in [2.05, 4.69) is 38.0 Å². The van der Waals surface area contributed by atoms with Crippen LogP contribution in [0.3, 0.4) is 0 Å². The van der Waals surface area contributed by atoms with Crippen LogP contribution in [0.4, 0.5) is 5.69 Å². The first-order chi connectivity index (χ1) is 14.5. The number of anilines is 1. The molecule has 0 saturated heterocycles. The van der Waals surface area contributed by atoms with Gasteiger partial charge in [-0.25, -0.2) is 0 Å². The van der Waals surface area contributed by atoms with E-state index in [1.165, 1.54) is 11.8 Å². The standard InChI is InChI=1S/C21H18BrClN4O2S/c1-2-11-27-19(12-20(29)24-17-6-4-3-5-16(17)23)25-26-21(27)30-13-18(28)14-7-9-15(22)10-8-14/h2-10H,1,11-13H2,(H,24,29). The van der Waals surface area contributed by atoms with Crippen LogP contribution in [0, 0.1) is 0 Å². The molecule has 1 amide bonds. The van der Waals surface area contributed by atoms with E-state index in [0.717, 1.165) is 4.47 Å². The Morgan fingerprint density at radius 2 is 1.90 bits per heavy atom. The Bertz CT molecular complexity index is 1070. The second kappa shape index (κ2) is 10.6. The van der Waals surface area contributed by atoms with Gasteiger partial charge in [-0.1, -0.05) is 69.6 Å². The molecule has 3 rings (SSSR count). The Labute approximate surface area is 191 Å². The monoisotopic (exact) mass is 504 g/mol. The van der Waals surface area contributed by atoms with Crippen LogP contribution in [-0.4, -0.2) is 32.2 Å². The number of thioether (sulfide) groups is 1. The summed E-state index contributed by atoms with van der Waals surface area (Å²) < 4.78 is 2.69. The van der Waals surface area contributed by atoms with Gasteiger partial charge in [-0.2, -0.15) is 0 Å². The molecule has 0 saturated carbocycles. The third-order valence-corrected chi connectivity index (χ3v) is 5.90. The lowest BCUT2D eigenvalue weighted by Crippen LogP contribution is -2.18. The lowest BCUT2D eigenvalue weighted by molar-refractivity contribution is -0.115. The molecule has 0 aliphatic heterocycles. The fourth-order valence-corrected chi connectivity index (χ4v) is 3.93. The molecule has 9 heteroatoms. The van der Waals surface area contributed by atoms with Crippen molar-refractivity contribution in [3.63, 3.8) is 0 Å². The minimum atomic E-state index is -0.261. The van der Waals surface area contributed by atoms with Crippen molar-refractivity contribution in [2.45, 2.75) is 18.1 Å². The zero-order valence-electron chi connectivity index (χ0n) is 15.8. The highest BCUT2D eigenvalue weighted by atomic mass is 79.9. The highest BCUT2D eigenvalue weighted by molar-refractivity contribution is 9.10. The molecule has 0 atom stereocenters. The molecule has 3 aromatic rings. The van der Waals surface area contributed by atoms with E-state index in [1.54, 1.807) is 47.0 Å². The minimum absolute atomic E-state index is 0.0151. The fourth-order valence-electron chi connectivity index (χ4n) is 2.62. The lowest BCUT2D eigenvalue weighted by atomic mass is 10.2. The number of rotatable bonds is 9. The summed E-state index contributed by atoms with van der Waals surface area (Å²) in [6.45, 7) is 4.18. The summed E-state index contributed by atoms with van der Waals surface area (Å²) in [5.74, 6) is 0.419. The number of Topliss-reactive ketones (excluding diaryl/α,β-unsaturated/α-hetero) is 1. The van der Waals surface area contributed by atoms with Crippen molar-refractivity contribution in [3.05, 3.63) is 82.1 Å². The maximum atomic E-state index is 12.4. The summed E-state index contributed by atoms with van der Waals surface area (Å²) in [5, 5.41) is 12.1. The summed E-state index contributed by atoms with van der Waals surface area (Å²) in [6, 6.07) is 14.2. The Balaban J connectivity index is 1.67. The Morgan fingerprint density at radius 1 is 1.17 bits per heavy atom. The first-order valence-corrected chi connectivity index (χ1v) is 11.1. The van der Waals surface area contributed by atoms with Crippen molar-refractivity contribution >= 4 is 56.7 Å². The second-order valence-electron chi connectivity index (χ2n) is 6.22. The number of benzene rings is 2. The van der Waals surface area contributed by atoms with Gasteiger partial charge in [0.1, 0.15) is 5.82 Å². The highest BCUT2D eigenvalue weighted by Crippen LogP contribution is 2.22. The van der Waals surface area contributed by atoms with Crippen LogP contribution in [0.25, 0.3) is 0 Å². The normalized spacial score (nSPS) is 10.6. The van der Waals surface area contributed by atoms with Crippen molar-refractivity contribution in [2.75, 3.05) is 11.1 Å². The molecule has 0 aliphatic rings. The maximum absolute atomic E-state index is 12.4. The summed E-state index contributed by atoms with van der Waals surface area (Å²) >= 11 is 10.7.